The Morgan fingerprint density at radius 2 is 1.95 bits per heavy atom. The van der Waals surface area contributed by atoms with Gasteiger partial charge in [0.2, 0.25) is 0 Å². The highest BCUT2D eigenvalue weighted by atomic mass is 79.9. The molecule has 1 heterocycles. The molecule has 3 nitrogen and oxygen atoms in total. The van der Waals surface area contributed by atoms with E-state index in [4.69, 9.17) is 4.74 Å². The summed E-state index contributed by atoms with van der Waals surface area (Å²) in [7, 11) is 1.81. The first kappa shape index (κ1) is 12.5. The Balaban J connectivity index is 1.86. The fourth-order valence-corrected chi connectivity index (χ4v) is 2.71. The third-order valence-corrected chi connectivity index (χ3v) is 3.92. The number of fused-ring (bicyclic) bond motifs is 1. The van der Waals surface area contributed by atoms with E-state index in [-0.39, 0.29) is 12.0 Å². The third kappa shape index (κ3) is 2.45. The zero-order valence-corrected chi connectivity index (χ0v) is 12.2. The van der Waals surface area contributed by atoms with Crippen LogP contribution < -0.4 is 4.74 Å². The molecular formula is C15H14BrNO2. The Morgan fingerprint density at radius 1 is 1.21 bits per heavy atom. The van der Waals surface area contributed by atoms with E-state index in [2.05, 4.69) is 22.0 Å². The Morgan fingerprint density at radius 3 is 2.68 bits per heavy atom. The number of hydrogen-bond donors (Lipinski definition) is 0. The molecule has 1 atom stereocenters. The zero-order chi connectivity index (χ0) is 13.4. The number of benzene rings is 2. The molecule has 1 fully saturated rings. The lowest BCUT2D eigenvalue weighted by Crippen LogP contribution is -2.29. The van der Waals surface area contributed by atoms with E-state index < -0.39 is 0 Å². The number of carbonyl (C=O) groups excluding carboxylic acids is 1. The van der Waals surface area contributed by atoms with Crippen molar-refractivity contribution < 1.29 is 9.53 Å². The van der Waals surface area contributed by atoms with E-state index in [9.17, 15) is 4.79 Å². The van der Waals surface area contributed by atoms with Crippen molar-refractivity contribution in [2.75, 3.05) is 13.6 Å². The number of hydrogen-bond acceptors (Lipinski definition) is 2. The van der Waals surface area contributed by atoms with Crippen LogP contribution in [-0.2, 0) is 4.79 Å². The maximum atomic E-state index is 11.8. The van der Waals surface area contributed by atoms with Gasteiger partial charge in [-0.15, -0.1) is 0 Å². The molecule has 0 saturated carbocycles. The van der Waals surface area contributed by atoms with Gasteiger partial charge in [-0.05, 0) is 35.0 Å². The predicted octanol–water partition coefficient (Wildman–Crippen LogP) is 3.21. The molecule has 1 saturated heterocycles. The van der Waals surface area contributed by atoms with Gasteiger partial charge in [-0.25, -0.2) is 0 Å². The van der Waals surface area contributed by atoms with E-state index in [0.29, 0.717) is 0 Å². The van der Waals surface area contributed by atoms with Gasteiger partial charge in [0, 0.05) is 24.5 Å². The molecule has 4 heteroatoms. The van der Waals surface area contributed by atoms with E-state index in [0.717, 1.165) is 34.0 Å². The van der Waals surface area contributed by atoms with Gasteiger partial charge >= 0.3 is 0 Å². The summed E-state index contributed by atoms with van der Waals surface area (Å²) in [6.45, 7) is 0.768. The molecule has 0 radical (unpaired) electrons. The smallest absolute Gasteiger partial charge is 0.263 e. The van der Waals surface area contributed by atoms with Crippen LogP contribution in [0.2, 0.25) is 0 Å². The van der Waals surface area contributed by atoms with E-state index in [1.54, 1.807) is 4.90 Å². The summed E-state index contributed by atoms with van der Waals surface area (Å²) < 4.78 is 6.85. The molecule has 0 aliphatic carbocycles. The van der Waals surface area contributed by atoms with Crippen LogP contribution in [0, 0.1) is 0 Å². The minimum absolute atomic E-state index is 0.0657. The van der Waals surface area contributed by atoms with E-state index in [1.165, 1.54) is 0 Å². The predicted molar refractivity (Wildman–Crippen MR) is 78.3 cm³/mol. The highest BCUT2D eigenvalue weighted by Crippen LogP contribution is 2.26. The van der Waals surface area contributed by atoms with Gasteiger partial charge in [-0.1, -0.05) is 28.1 Å². The lowest BCUT2D eigenvalue weighted by Gasteiger charge is -2.13. The number of likely N-dealkylation sites (tertiary alicyclic amines) is 1. The lowest BCUT2D eigenvalue weighted by molar-refractivity contribution is -0.132. The molecule has 1 aliphatic rings. The van der Waals surface area contributed by atoms with Crippen LogP contribution in [-0.4, -0.2) is 30.5 Å². The van der Waals surface area contributed by atoms with Crippen molar-refractivity contribution >= 4 is 32.6 Å². The number of nitrogens with zero attached hydrogens (tertiary/aromatic N) is 1. The first-order valence-electron chi connectivity index (χ1n) is 6.24. The maximum absolute atomic E-state index is 11.8. The van der Waals surface area contributed by atoms with Crippen molar-refractivity contribution in [3.05, 3.63) is 40.9 Å². The highest BCUT2D eigenvalue weighted by molar-refractivity contribution is 9.10. The molecule has 19 heavy (non-hydrogen) atoms. The van der Waals surface area contributed by atoms with Gasteiger partial charge in [0.05, 0.1) is 0 Å². The Labute approximate surface area is 120 Å². The van der Waals surface area contributed by atoms with Gasteiger partial charge in [0.25, 0.3) is 5.91 Å². The molecule has 0 spiro atoms. The van der Waals surface area contributed by atoms with Gasteiger partial charge < -0.3 is 9.64 Å². The number of likely N-dealkylation sites (N-methyl/N-ethyl adjacent to an activating group) is 1. The Kier molecular flexibility index (Phi) is 3.19. The maximum Gasteiger partial charge on any atom is 0.263 e. The number of amides is 1. The highest BCUT2D eigenvalue weighted by Gasteiger charge is 2.30. The van der Waals surface area contributed by atoms with Gasteiger partial charge in [0.15, 0.2) is 6.10 Å². The van der Waals surface area contributed by atoms with E-state index >= 15 is 0 Å². The van der Waals surface area contributed by atoms with Gasteiger partial charge in [-0.3, -0.25) is 4.79 Å². The molecule has 3 rings (SSSR count). The summed E-state index contributed by atoms with van der Waals surface area (Å²) in [6.07, 6.45) is 0.422. The number of rotatable bonds is 2. The van der Waals surface area contributed by atoms with Crippen molar-refractivity contribution in [1.82, 2.24) is 4.90 Å². The van der Waals surface area contributed by atoms with Crippen molar-refractivity contribution in [2.24, 2.45) is 0 Å². The average Bonchev–Trinajstić information content (AvgIpc) is 2.71. The monoisotopic (exact) mass is 319 g/mol. The quantitative estimate of drug-likeness (QED) is 0.850. The fourth-order valence-electron chi connectivity index (χ4n) is 2.33. The molecule has 1 amide bonds. The molecule has 0 bridgehead atoms. The standard InChI is InChI=1S/C15H14BrNO2/c1-17-7-6-14(15(17)18)19-13-5-3-10-8-12(16)4-2-11(10)9-13/h2-5,8-9,14H,6-7H2,1H3. The molecule has 1 aliphatic heterocycles. The molecular weight excluding hydrogens is 306 g/mol. The zero-order valence-electron chi connectivity index (χ0n) is 10.6. The second kappa shape index (κ2) is 4.85. The van der Waals surface area contributed by atoms with Crippen molar-refractivity contribution in [2.45, 2.75) is 12.5 Å². The van der Waals surface area contributed by atoms with Crippen LogP contribution in [0.1, 0.15) is 6.42 Å². The van der Waals surface area contributed by atoms with Crippen LogP contribution in [0.4, 0.5) is 0 Å². The van der Waals surface area contributed by atoms with Crippen LogP contribution in [0.15, 0.2) is 40.9 Å². The van der Waals surface area contributed by atoms with Crippen molar-refractivity contribution in [3.63, 3.8) is 0 Å². The first-order valence-corrected chi connectivity index (χ1v) is 7.04. The molecule has 2 aromatic rings. The van der Waals surface area contributed by atoms with Crippen LogP contribution in [0.5, 0.6) is 5.75 Å². The lowest BCUT2D eigenvalue weighted by atomic mass is 10.1. The SMILES string of the molecule is CN1CCC(Oc2ccc3cc(Br)ccc3c2)C1=O. The summed E-state index contributed by atoms with van der Waals surface area (Å²) in [5, 5.41) is 2.26. The third-order valence-electron chi connectivity index (χ3n) is 3.43. The molecule has 0 N–H and O–H groups in total. The molecule has 2 aromatic carbocycles. The number of carbonyl (C=O) groups is 1. The summed E-state index contributed by atoms with van der Waals surface area (Å²) >= 11 is 3.45. The second-order valence-corrected chi connectivity index (χ2v) is 5.72. The van der Waals surface area contributed by atoms with Crippen LogP contribution in [0.25, 0.3) is 10.8 Å². The fraction of sp³-hybridized carbons (Fsp3) is 0.267. The van der Waals surface area contributed by atoms with Crippen molar-refractivity contribution in [1.29, 1.82) is 0 Å². The number of ether oxygens (including phenoxy) is 1. The minimum Gasteiger partial charge on any atom is -0.481 e. The first-order chi connectivity index (χ1) is 9.13. The minimum atomic E-state index is -0.335. The Hall–Kier alpha value is -1.55. The summed E-state index contributed by atoms with van der Waals surface area (Å²) in [4.78, 5) is 13.5. The Bertz CT molecular complexity index is 641. The van der Waals surface area contributed by atoms with Crippen LogP contribution >= 0.6 is 15.9 Å². The second-order valence-electron chi connectivity index (χ2n) is 4.81. The van der Waals surface area contributed by atoms with Gasteiger partial charge in [0.1, 0.15) is 5.75 Å². The van der Waals surface area contributed by atoms with Crippen molar-refractivity contribution in [3.8, 4) is 5.75 Å². The normalized spacial score (nSPS) is 19.2. The summed E-state index contributed by atoms with van der Waals surface area (Å²) in [5.74, 6) is 0.819. The molecule has 98 valence electrons. The molecule has 0 aromatic heterocycles. The number of halogens is 1. The van der Waals surface area contributed by atoms with Crippen LogP contribution in [0.3, 0.4) is 0 Å². The summed E-state index contributed by atoms with van der Waals surface area (Å²) in [6, 6.07) is 12.0. The topological polar surface area (TPSA) is 29.5 Å². The average molecular weight is 320 g/mol. The summed E-state index contributed by atoms with van der Waals surface area (Å²) in [5.41, 5.74) is 0. The largest absolute Gasteiger partial charge is 0.481 e. The molecule has 1 unspecified atom stereocenters. The van der Waals surface area contributed by atoms with E-state index in [1.807, 2.05) is 37.4 Å². The van der Waals surface area contributed by atoms with Gasteiger partial charge in [-0.2, -0.15) is 0 Å².